The molecule has 0 spiro atoms. The lowest BCUT2D eigenvalue weighted by molar-refractivity contribution is -0.141. The number of hydrogen-bond donors (Lipinski definition) is 3. The van der Waals surface area contributed by atoms with Crippen LogP contribution in [0.2, 0.25) is 0 Å². The summed E-state index contributed by atoms with van der Waals surface area (Å²) in [7, 11) is 0. The summed E-state index contributed by atoms with van der Waals surface area (Å²) < 4.78 is 40.4. The number of carboxylic acid groups (broad SMARTS) is 1. The molecule has 0 aliphatic carbocycles. The van der Waals surface area contributed by atoms with Gasteiger partial charge in [-0.25, -0.2) is 9.59 Å². The molecule has 0 bridgehead atoms. The number of hydrogen-bond acceptors (Lipinski definition) is 5. The summed E-state index contributed by atoms with van der Waals surface area (Å²) >= 11 is 0. The molecule has 14 heteroatoms. The summed E-state index contributed by atoms with van der Waals surface area (Å²) in [6.45, 7) is 0.990. The first-order valence-electron chi connectivity index (χ1n) is 12.3. The topological polar surface area (TPSA) is 139 Å². The number of benzene rings is 2. The molecular weight excluding hydrogens is 535 g/mol. The van der Waals surface area contributed by atoms with Gasteiger partial charge in [-0.05, 0) is 48.4 Å². The van der Waals surface area contributed by atoms with Crippen molar-refractivity contribution < 1.29 is 42.3 Å². The number of urea groups is 2. The molecule has 3 N–H and O–H groups in total. The highest BCUT2D eigenvalue weighted by atomic mass is 19.4. The predicted molar refractivity (Wildman–Crippen MR) is 135 cm³/mol. The Hall–Kier alpha value is -4.62. The van der Waals surface area contributed by atoms with Crippen LogP contribution < -0.4 is 20.4 Å². The second-order valence-corrected chi connectivity index (χ2v) is 9.29. The molecule has 2 aromatic carbocycles. The highest BCUT2D eigenvalue weighted by Crippen LogP contribution is 2.34. The van der Waals surface area contributed by atoms with E-state index in [4.69, 9.17) is 5.11 Å². The molecule has 40 heavy (non-hydrogen) atoms. The zero-order valence-electron chi connectivity index (χ0n) is 21.3. The Balaban J connectivity index is 1.65. The first kappa shape index (κ1) is 28.4. The SMILES string of the molecule is Cc1c(CN2C(=O)C(C(=O)NCCC(=O)O)CN(c3ccc(N4CCNC4=O)cc3)C2=O)cccc1C(F)(F)F. The van der Waals surface area contributed by atoms with Crippen molar-refractivity contribution in [3.8, 4) is 0 Å². The highest BCUT2D eigenvalue weighted by Gasteiger charge is 2.44. The van der Waals surface area contributed by atoms with E-state index >= 15 is 0 Å². The van der Waals surface area contributed by atoms with Crippen LogP contribution in [0.3, 0.4) is 0 Å². The van der Waals surface area contributed by atoms with Gasteiger partial charge in [0.05, 0.1) is 18.5 Å². The Kier molecular flexibility index (Phi) is 7.98. The first-order valence-corrected chi connectivity index (χ1v) is 12.3. The van der Waals surface area contributed by atoms with Gasteiger partial charge in [-0.3, -0.25) is 29.1 Å². The standard InChI is InChI=1S/C26H26F3N5O6/c1-15-16(3-2-4-20(15)26(27,28)29)13-34-23(38)19(22(37)30-10-9-21(35)36)14-33(25(34)40)18-7-5-17(6-8-18)32-12-11-31-24(32)39/h2-8,19H,9-14H2,1H3,(H,30,37)(H,31,39)(H,35,36). The van der Waals surface area contributed by atoms with E-state index in [9.17, 15) is 37.1 Å². The molecule has 1 atom stereocenters. The molecule has 2 saturated heterocycles. The van der Waals surface area contributed by atoms with Crippen molar-refractivity contribution in [2.24, 2.45) is 5.92 Å². The average molecular weight is 562 g/mol. The Bertz CT molecular complexity index is 1350. The predicted octanol–water partition coefficient (Wildman–Crippen LogP) is 2.72. The highest BCUT2D eigenvalue weighted by molar-refractivity contribution is 6.13. The fourth-order valence-electron chi connectivity index (χ4n) is 4.60. The van der Waals surface area contributed by atoms with E-state index in [-0.39, 0.29) is 35.9 Å². The normalized spacial score (nSPS) is 17.8. The lowest BCUT2D eigenvalue weighted by Gasteiger charge is -2.38. The summed E-state index contributed by atoms with van der Waals surface area (Å²) in [5.74, 6) is -4.35. The fraction of sp³-hybridized carbons (Fsp3) is 0.346. The zero-order chi connectivity index (χ0) is 29.2. The maximum Gasteiger partial charge on any atom is 0.416 e. The molecule has 0 radical (unpaired) electrons. The largest absolute Gasteiger partial charge is 0.481 e. The lowest BCUT2D eigenvalue weighted by atomic mass is 9.99. The van der Waals surface area contributed by atoms with E-state index in [0.29, 0.717) is 18.8 Å². The number of nitrogens with one attached hydrogen (secondary N) is 2. The van der Waals surface area contributed by atoms with Gasteiger partial charge in [0.1, 0.15) is 5.92 Å². The van der Waals surface area contributed by atoms with Crippen molar-refractivity contribution in [1.29, 1.82) is 0 Å². The van der Waals surface area contributed by atoms with Gasteiger partial charge in [0.2, 0.25) is 11.8 Å². The average Bonchev–Trinajstić information content (AvgIpc) is 3.32. The van der Waals surface area contributed by atoms with Crippen LogP contribution >= 0.6 is 0 Å². The van der Waals surface area contributed by atoms with Crippen LogP contribution in [0, 0.1) is 12.8 Å². The number of alkyl halides is 3. The first-order chi connectivity index (χ1) is 18.9. The van der Waals surface area contributed by atoms with Crippen LogP contribution in [0.1, 0.15) is 23.1 Å². The van der Waals surface area contributed by atoms with E-state index < -0.39 is 54.4 Å². The number of anilines is 2. The van der Waals surface area contributed by atoms with E-state index in [1.54, 1.807) is 12.1 Å². The second-order valence-electron chi connectivity index (χ2n) is 9.29. The fourth-order valence-corrected chi connectivity index (χ4v) is 4.60. The molecule has 4 rings (SSSR count). The van der Waals surface area contributed by atoms with Crippen LogP contribution in [0.15, 0.2) is 42.5 Å². The van der Waals surface area contributed by atoms with Gasteiger partial charge in [-0.1, -0.05) is 12.1 Å². The van der Waals surface area contributed by atoms with E-state index in [2.05, 4.69) is 10.6 Å². The van der Waals surface area contributed by atoms with Crippen LogP contribution in [0.5, 0.6) is 0 Å². The third-order valence-electron chi connectivity index (χ3n) is 6.76. The second kappa shape index (κ2) is 11.2. The quantitative estimate of drug-likeness (QED) is 0.424. The minimum absolute atomic E-state index is 0.0683. The Morgan fingerprint density at radius 1 is 1.05 bits per heavy atom. The number of nitrogens with zero attached hydrogens (tertiary/aromatic N) is 3. The van der Waals surface area contributed by atoms with Gasteiger partial charge < -0.3 is 15.7 Å². The summed E-state index contributed by atoms with van der Waals surface area (Å²) in [5, 5.41) is 13.9. The molecule has 2 heterocycles. The number of carbonyl (C=O) groups is 5. The minimum atomic E-state index is -4.65. The molecule has 0 aromatic heterocycles. The van der Waals surface area contributed by atoms with Crippen molar-refractivity contribution >= 4 is 41.2 Å². The van der Waals surface area contributed by atoms with E-state index in [1.807, 2.05) is 0 Å². The van der Waals surface area contributed by atoms with Crippen molar-refractivity contribution in [3.63, 3.8) is 0 Å². The number of amides is 6. The number of aliphatic carboxylic acids is 1. The zero-order valence-corrected chi connectivity index (χ0v) is 21.3. The third-order valence-corrected chi connectivity index (χ3v) is 6.76. The maximum absolute atomic E-state index is 13.5. The van der Waals surface area contributed by atoms with Crippen LogP contribution in [0.25, 0.3) is 0 Å². The summed E-state index contributed by atoms with van der Waals surface area (Å²) in [6, 6.07) is 8.54. The molecule has 1 unspecified atom stereocenters. The van der Waals surface area contributed by atoms with Crippen molar-refractivity contribution in [1.82, 2.24) is 15.5 Å². The number of carbonyl (C=O) groups excluding carboxylic acids is 4. The summed E-state index contributed by atoms with van der Waals surface area (Å²) in [6.07, 6.45) is -5.05. The van der Waals surface area contributed by atoms with Crippen LogP contribution in [-0.2, 0) is 27.1 Å². The molecule has 212 valence electrons. The maximum atomic E-state index is 13.5. The van der Waals surface area contributed by atoms with Gasteiger partial charge in [0.25, 0.3) is 0 Å². The van der Waals surface area contributed by atoms with Gasteiger partial charge >= 0.3 is 24.2 Å². The minimum Gasteiger partial charge on any atom is -0.481 e. The van der Waals surface area contributed by atoms with Gasteiger partial charge in [0.15, 0.2) is 0 Å². The molecular formula is C26H26F3N5O6. The van der Waals surface area contributed by atoms with E-state index in [1.165, 1.54) is 36.1 Å². The molecule has 0 saturated carbocycles. The summed E-state index contributed by atoms with van der Waals surface area (Å²) in [4.78, 5) is 65.9. The van der Waals surface area contributed by atoms with Crippen molar-refractivity contribution in [2.45, 2.75) is 26.1 Å². The molecule has 2 aromatic rings. The Morgan fingerprint density at radius 2 is 1.70 bits per heavy atom. The smallest absolute Gasteiger partial charge is 0.416 e. The van der Waals surface area contributed by atoms with Crippen LogP contribution in [-0.4, -0.2) is 66.0 Å². The number of halogens is 3. The van der Waals surface area contributed by atoms with Gasteiger partial charge in [0, 0.05) is 37.6 Å². The van der Waals surface area contributed by atoms with Crippen molar-refractivity contribution in [3.05, 3.63) is 59.2 Å². The molecule has 6 amide bonds. The number of imide groups is 1. The Morgan fingerprint density at radius 3 is 2.27 bits per heavy atom. The van der Waals surface area contributed by atoms with E-state index in [0.717, 1.165) is 15.9 Å². The molecule has 2 aliphatic rings. The molecule has 2 aliphatic heterocycles. The lowest BCUT2D eigenvalue weighted by Crippen LogP contribution is -2.60. The Labute approximate surface area is 226 Å². The number of carboxylic acids is 1. The van der Waals surface area contributed by atoms with Gasteiger partial charge in [-0.2, -0.15) is 13.2 Å². The van der Waals surface area contributed by atoms with Crippen molar-refractivity contribution in [2.75, 3.05) is 36.0 Å². The summed E-state index contributed by atoms with van der Waals surface area (Å²) in [5.41, 5.74) is -0.167. The monoisotopic (exact) mass is 561 g/mol. The third kappa shape index (κ3) is 5.84. The number of rotatable bonds is 8. The molecule has 2 fully saturated rings. The van der Waals surface area contributed by atoms with Crippen LogP contribution in [0.4, 0.5) is 34.1 Å². The molecule has 11 nitrogen and oxygen atoms in total. The van der Waals surface area contributed by atoms with Gasteiger partial charge in [-0.15, -0.1) is 0 Å².